The molecule has 0 radical (unpaired) electrons. The van der Waals surface area contributed by atoms with Crippen LogP contribution in [-0.2, 0) is 6.54 Å². The van der Waals surface area contributed by atoms with Gasteiger partial charge in [0.1, 0.15) is 5.69 Å². The van der Waals surface area contributed by atoms with Crippen LogP contribution in [0.15, 0.2) is 24.5 Å². The summed E-state index contributed by atoms with van der Waals surface area (Å²) in [6.07, 6.45) is 3.22. The third-order valence-electron chi connectivity index (χ3n) is 2.63. The van der Waals surface area contributed by atoms with Gasteiger partial charge in [0.15, 0.2) is 0 Å². The number of aryl methyl sites for hydroxylation is 2. The molecule has 0 aromatic carbocycles. The van der Waals surface area contributed by atoms with Crippen molar-refractivity contribution in [1.82, 2.24) is 14.8 Å². The van der Waals surface area contributed by atoms with E-state index in [0.717, 1.165) is 0 Å². The van der Waals surface area contributed by atoms with Gasteiger partial charge >= 0.3 is 0 Å². The van der Waals surface area contributed by atoms with Crippen molar-refractivity contribution in [2.24, 2.45) is 0 Å². The third kappa shape index (κ3) is 2.17. The largest absolute Gasteiger partial charge is 0.395 e. The Balaban J connectivity index is 2.29. The molecule has 0 fully saturated rings. The summed E-state index contributed by atoms with van der Waals surface area (Å²) < 4.78 is 1.60. The fourth-order valence-electron chi connectivity index (χ4n) is 1.69. The van der Waals surface area contributed by atoms with Crippen LogP contribution >= 0.6 is 0 Å². The molecule has 6 nitrogen and oxygen atoms in total. The van der Waals surface area contributed by atoms with Gasteiger partial charge in [0.25, 0.3) is 5.91 Å². The molecule has 94 valence electrons. The van der Waals surface area contributed by atoms with E-state index < -0.39 is 0 Å². The van der Waals surface area contributed by atoms with Crippen molar-refractivity contribution >= 4 is 17.3 Å². The van der Waals surface area contributed by atoms with Gasteiger partial charge in [-0.2, -0.15) is 5.10 Å². The van der Waals surface area contributed by atoms with Gasteiger partial charge in [0, 0.05) is 24.6 Å². The van der Waals surface area contributed by atoms with Crippen LogP contribution in [-0.4, -0.2) is 20.7 Å². The number of nitrogens with two attached hydrogens (primary N) is 1. The van der Waals surface area contributed by atoms with Gasteiger partial charge in [-0.25, -0.2) is 0 Å². The molecule has 1 amide bonds. The molecule has 0 aliphatic rings. The predicted octanol–water partition coefficient (Wildman–Crippen LogP) is 1.44. The van der Waals surface area contributed by atoms with E-state index >= 15 is 0 Å². The van der Waals surface area contributed by atoms with Crippen LogP contribution in [0.5, 0.6) is 0 Å². The molecule has 2 rings (SSSR count). The van der Waals surface area contributed by atoms with E-state index in [4.69, 9.17) is 5.73 Å². The molecule has 0 bridgehead atoms. The summed E-state index contributed by atoms with van der Waals surface area (Å²) in [5.41, 5.74) is 8.03. The predicted molar refractivity (Wildman–Crippen MR) is 69.2 cm³/mol. The van der Waals surface area contributed by atoms with Gasteiger partial charge in [-0.3, -0.25) is 14.5 Å². The average Bonchev–Trinajstić information content (AvgIpc) is 2.66. The number of rotatable bonds is 3. The normalized spacial score (nSPS) is 10.3. The highest BCUT2D eigenvalue weighted by Crippen LogP contribution is 2.18. The second-order valence-corrected chi connectivity index (χ2v) is 3.85. The molecule has 2 heterocycles. The van der Waals surface area contributed by atoms with E-state index in [9.17, 15) is 4.79 Å². The topological polar surface area (TPSA) is 85.8 Å². The van der Waals surface area contributed by atoms with E-state index in [-0.39, 0.29) is 5.91 Å². The number of pyridine rings is 1. The van der Waals surface area contributed by atoms with Crippen molar-refractivity contribution in [2.45, 2.75) is 20.4 Å². The first-order chi connectivity index (χ1) is 8.63. The number of nitrogen functional groups attached to an aromatic ring is 1. The summed E-state index contributed by atoms with van der Waals surface area (Å²) in [7, 11) is 0. The van der Waals surface area contributed by atoms with Crippen LogP contribution in [0.3, 0.4) is 0 Å². The van der Waals surface area contributed by atoms with Crippen LogP contribution < -0.4 is 11.1 Å². The SMILES string of the molecule is CCn1nc(C)c(N)c1C(=O)Nc1ccncc1. The van der Waals surface area contributed by atoms with E-state index in [2.05, 4.69) is 15.4 Å². The van der Waals surface area contributed by atoms with E-state index in [1.165, 1.54) is 0 Å². The Morgan fingerprint density at radius 3 is 2.72 bits per heavy atom. The lowest BCUT2D eigenvalue weighted by atomic mass is 10.3. The first kappa shape index (κ1) is 12.1. The third-order valence-corrected chi connectivity index (χ3v) is 2.63. The van der Waals surface area contributed by atoms with Crippen LogP contribution in [0.2, 0.25) is 0 Å². The van der Waals surface area contributed by atoms with Gasteiger partial charge in [-0.05, 0) is 26.0 Å². The van der Waals surface area contributed by atoms with E-state index in [1.54, 1.807) is 36.1 Å². The highest BCUT2D eigenvalue weighted by molar-refractivity contribution is 6.06. The Morgan fingerprint density at radius 1 is 1.44 bits per heavy atom. The van der Waals surface area contributed by atoms with Crippen LogP contribution in [0.4, 0.5) is 11.4 Å². The fourth-order valence-corrected chi connectivity index (χ4v) is 1.69. The maximum Gasteiger partial charge on any atom is 0.276 e. The Morgan fingerprint density at radius 2 is 2.11 bits per heavy atom. The summed E-state index contributed by atoms with van der Waals surface area (Å²) in [5.74, 6) is -0.263. The van der Waals surface area contributed by atoms with Gasteiger partial charge in [-0.1, -0.05) is 0 Å². The highest BCUT2D eigenvalue weighted by atomic mass is 16.2. The summed E-state index contributed by atoms with van der Waals surface area (Å²) in [4.78, 5) is 16.0. The molecule has 3 N–H and O–H groups in total. The van der Waals surface area contributed by atoms with Crippen molar-refractivity contribution in [2.75, 3.05) is 11.1 Å². The summed E-state index contributed by atoms with van der Waals surface area (Å²) in [6, 6.07) is 3.43. The number of nitrogens with zero attached hydrogens (tertiary/aromatic N) is 3. The number of anilines is 2. The summed E-state index contributed by atoms with van der Waals surface area (Å²) in [5, 5.41) is 6.98. The lowest BCUT2D eigenvalue weighted by Crippen LogP contribution is -2.18. The summed E-state index contributed by atoms with van der Waals surface area (Å²) in [6.45, 7) is 4.29. The number of amides is 1. The van der Waals surface area contributed by atoms with Crippen LogP contribution in [0, 0.1) is 6.92 Å². The Kier molecular flexibility index (Phi) is 3.27. The quantitative estimate of drug-likeness (QED) is 0.856. The van der Waals surface area contributed by atoms with Crippen LogP contribution in [0.1, 0.15) is 23.1 Å². The Labute approximate surface area is 105 Å². The van der Waals surface area contributed by atoms with E-state index in [0.29, 0.717) is 29.3 Å². The molecule has 0 saturated carbocycles. The zero-order valence-electron chi connectivity index (χ0n) is 10.3. The molecule has 0 spiro atoms. The molecule has 0 unspecified atom stereocenters. The van der Waals surface area contributed by atoms with E-state index in [1.807, 2.05) is 6.92 Å². The molecule has 0 atom stereocenters. The number of carbonyl (C=O) groups is 1. The lowest BCUT2D eigenvalue weighted by Gasteiger charge is -2.07. The molecule has 2 aromatic rings. The molecule has 2 aromatic heterocycles. The maximum atomic E-state index is 12.2. The van der Waals surface area contributed by atoms with Gasteiger partial charge < -0.3 is 11.1 Å². The standard InChI is InChI=1S/C12H15N5O/c1-3-17-11(10(13)8(2)16-17)12(18)15-9-4-6-14-7-5-9/h4-7H,3,13H2,1-2H3,(H,14,15,18). The minimum Gasteiger partial charge on any atom is -0.395 e. The minimum absolute atomic E-state index is 0.263. The number of carbonyl (C=O) groups excluding carboxylic acids is 1. The van der Waals surface area contributed by atoms with Gasteiger partial charge in [0.05, 0.1) is 11.4 Å². The van der Waals surface area contributed by atoms with Gasteiger partial charge in [0.2, 0.25) is 0 Å². The number of hydrogen-bond acceptors (Lipinski definition) is 4. The fraction of sp³-hybridized carbons (Fsp3) is 0.250. The Hall–Kier alpha value is -2.37. The van der Waals surface area contributed by atoms with Crippen molar-refractivity contribution in [1.29, 1.82) is 0 Å². The molecule has 6 heteroatoms. The number of nitrogens with one attached hydrogen (secondary N) is 1. The first-order valence-corrected chi connectivity index (χ1v) is 5.67. The van der Waals surface area contributed by atoms with Crippen molar-refractivity contribution in [3.63, 3.8) is 0 Å². The molecular formula is C12H15N5O. The molecule has 0 aliphatic heterocycles. The first-order valence-electron chi connectivity index (χ1n) is 5.67. The molecule has 0 saturated heterocycles. The summed E-state index contributed by atoms with van der Waals surface area (Å²) >= 11 is 0. The van der Waals surface area contributed by atoms with Crippen molar-refractivity contribution in [3.05, 3.63) is 35.9 Å². The van der Waals surface area contributed by atoms with Gasteiger partial charge in [-0.15, -0.1) is 0 Å². The second kappa shape index (κ2) is 4.87. The minimum atomic E-state index is -0.263. The maximum absolute atomic E-state index is 12.2. The molecule has 18 heavy (non-hydrogen) atoms. The molecule has 0 aliphatic carbocycles. The average molecular weight is 245 g/mol. The smallest absolute Gasteiger partial charge is 0.276 e. The van der Waals surface area contributed by atoms with Crippen molar-refractivity contribution < 1.29 is 4.79 Å². The lowest BCUT2D eigenvalue weighted by molar-refractivity contribution is 0.101. The zero-order chi connectivity index (χ0) is 13.1. The van der Waals surface area contributed by atoms with Crippen molar-refractivity contribution in [3.8, 4) is 0 Å². The zero-order valence-corrected chi connectivity index (χ0v) is 10.3. The molecular weight excluding hydrogens is 230 g/mol. The van der Waals surface area contributed by atoms with Crippen LogP contribution in [0.25, 0.3) is 0 Å². The Bertz CT molecular complexity index is 561. The highest BCUT2D eigenvalue weighted by Gasteiger charge is 2.18. The number of aromatic nitrogens is 3. The second-order valence-electron chi connectivity index (χ2n) is 3.85. The monoisotopic (exact) mass is 245 g/mol. The number of hydrogen-bond donors (Lipinski definition) is 2.